The molecule has 1 saturated heterocycles. The summed E-state index contributed by atoms with van der Waals surface area (Å²) in [5.74, 6) is 0.414. The van der Waals surface area contributed by atoms with Crippen molar-refractivity contribution in [2.24, 2.45) is 0 Å². The maximum atomic E-state index is 12.0. The van der Waals surface area contributed by atoms with E-state index in [-0.39, 0.29) is 17.7 Å². The number of nitrogens with zero attached hydrogens (tertiary/aromatic N) is 2. The minimum Gasteiger partial charge on any atom is -0.376 e. The molecule has 1 fully saturated rings. The Bertz CT molecular complexity index is 422. The van der Waals surface area contributed by atoms with Crippen LogP contribution in [0.15, 0.2) is 17.2 Å². The third-order valence-corrected chi connectivity index (χ3v) is 2.95. The van der Waals surface area contributed by atoms with E-state index < -0.39 is 0 Å². The summed E-state index contributed by atoms with van der Waals surface area (Å²) in [5.41, 5.74) is -0.0690. The lowest BCUT2D eigenvalue weighted by molar-refractivity contribution is 0.120. The summed E-state index contributed by atoms with van der Waals surface area (Å²) in [5, 5.41) is 3.08. The predicted octanol–water partition coefficient (Wildman–Crippen LogP) is 1.42. The maximum absolute atomic E-state index is 12.0. The Labute approximate surface area is 101 Å². The summed E-state index contributed by atoms with van der Waals surface area (Å²) in [6.07, 6.45) is 5.73. The molecule has 1 aromatic rings. The summed E-state index contributed by atoms with van der Waals surface area (Å²) in [7, 11) is 0. The van der Waals surface area contributed by atoms with Crippen molar-refractivity contribution in [3.63, 3.8) is 0 Å². The zero-order valence-electron chi connectivity index (χ0n) is 10.3. The van der Waals surface area contributed by atoms with E-state index in [9.17, 15) is 4.79 Å². The predicted molar refractivity (Wildman–Crippen MR) is 66.3 cm³/mol. The SMILES string of the molecule is CC(C)n1ccnc(NCC2CCCO2)c1=O. The van der Waals surface area contributed by atoms with Gasteiger partial charge in [0.25, 0.3) is 5.56 Å². The first-order chi connectivity index (χ1) is 8.18. The highest BCUT2D eigenvalue weighted by Crippen LogP contribution is 2.12. The van der Waals surface area contributed by atoms with Gasteiger partial charge in [0.05, 0.1) is 6.10 Å². The molecule has 1 N–H and O–H groups in total. The Morgan fingerprint density at radius 2 is 2.47 bits per heavy atom. The van der Waals surface area contributed by atoms with Crippen molar-refractivity contribution < 1.29 is 4.74 Å². The molecule has 5 nitrogen and oxygen atoms in total. The van der Waals surface area contributed by atoms with Gasteiger partial charge in [0.1, 0.15) is 0 Å². The van der Waals surface area contributed by atoms with E-state index >= 15 is 0 Å². The molecule has 1 aliphatic rings. The van der Waals surface area contributed by atoms with E-state index in [1.807, 2.05) is 13.8 Å². The summed E-state index contributed by atoms with van der Waals surface area (Å²) in [6, 6.07) is 0.147. The Morgan fingerprint density at radius 3 is 3.12 bits per heavy atom. The van der Waals surface area contributed by atoms with E-state index in [0.717, 1.165) is 19.4 Å². The number of aromatic nitrogens is 2. The highest BCUT2D eigenvalue weighted by Gasteiger charge is 2.16. The van der Waals surface area contributed by atoms with E-state index in [1.54, 1.807) is 17.0 Å². The first-order valence-corrected chi connectivity index (χ1v) is 6.11. The molecule has 0 aliphatic carbocycles. The first-order valence-electron chi connectivity index (χ1n) is 6.11. The molecule has 94 valence electrons. The molecule has 1 aromatic heterocycles. The van der Waals surface area contributed by atoms with E-state index in [0.29, 0.717) is 12.4 Å². The number of hydrogen-bond acceptors (Lipinski definition) is 4. The molecule has 17 heavy (non-hydrogen) atoms. The number of anilines is 1. The summed E-state index contributed by atoms with van der Waals surface area (Å²) in [6.45, 7) is 5.44. The second-order valence-electron chi connectivity index (χ2n) is 4.60. The highest BCUT2D eigenvalue weighted by molar-refractivity contribution is 5.31. The average molecular weight is 237 g/mol. The van der Waals surface area contributed by atoms with Crippen LogP contribution in [-0.4, -0.2) is 28.8 Å². The van der Waals surface area contributed by atoms with Crippen LogP contribution in [0.5, 0.6) is 0 Å². The molecule has 1 unspecified atom stereocenters. The van der Waals surface area contributed by atoms with Crippen molar-refractivity contribution >= 4 is 5.82 Å². The molecular weight excluding hydrogens is 218 g/mol. The van der Waals surface area contributed by atoms with Crippen LogP contribution in [-0.2, 0) is 4.74 Å². The van der Waals surface area contributed by atoms with Gasteiger partial charge in [0.2, 0.25) is 0 Å². The number of hydrogen-bond donors (Lipinski definition) is 1. The van der Waals surface area contributed by atoms with Gasteiger partial charge in [-0.15, -0.1) is 0 Å². The first kappa shape index (κ1) is 12.1. The second kappa shape index (κ2) is 5.31. The van der Waals surface area contributed by atoms with Crippen LogP contribution >= 0.6 is 0 Å². The van der Waals surface area contributed by atoms with Gasteiger partial charge in [0, 0.05) is 31.6 Å². The zero-order valence-corrected chi connectivity index (χ0v) is 10.3. The Hall–Kier alpha value is -1.36. The van der Waals surface area contributed by atoms with E-state index in [4.69, 9.17) is 4.74 Å². The topological polar surface area (TPSA) is 56.1 Å². The molecule has 1 atom stereocenters. The van der Waals surface area contributed by atoms with Crippen LogP contribution in [0.1, 0.15) is 32.7 Å². The van der Waals surface area contributed by atoms with E-state index in [2.05, 4.69) is 10.3 Å². The van der Waals surface area contributed by atoms with Crippen LogP contribution in [0.25, 0.3) is 0 Å². The third kappa shape index (κ3) is 2.85. The van der Waals surface area contributed by atoms with Gasteiger partial charge in [-0.2, -0.15) is 0 Å². The minimum atomic E-state index is -0.0690. The summed E-state index contributed by atoms with van der Waals surface area (Å²) in [4.78, 5) is 16.1. The van der Waals surface area contributed by atoms with Gasteiger partial charge in [-0.25, -0.2) is 4.98 Å². The molecule has 0 radical (unpaired) electrons. The van der Waals surface area contributed by atoms with Crippen molar-refractivity contribution in [3.05, 3.63) is 22.7 Å². The molecule has 0 bridgehead atoms. The van der Waals surface area contributed by atoms with Crippen LogP contribution < -0.4 is 10.9 Å². The molecule has 0 amide bonds. The van der Waals surface area contributed by atoms with Crippen molar-refractivity contribution in [2.45, 2.75) is 38.8 Å². The fourth-order valence-corrected chi connectivity index (χ4v) is 1.97. The lowest BCUT2D eigenvalue weighted by Crippen LogP contribution is -2.28. The Morgan fingerprint density at radius 1 is 1.65 bits per heavy atom. The second-order valence-corrected chi connectivity index (χ2v) is 4.60. The quantitative estimate of drug-likeness (QED) is 0.860. The standard InChI is InChI=1S/C12H19N3O2/c1-9(2)15-6-5-13-11(12(15)16)14-8-10-4-3-7-17-10/h5-6,9-10H,3-4,7-8H2,1-2H3,(H,13,14). The molecule has 2 heterocycles. The molecule has 5 heteroatoms. The lowest BCUT2D eigenvalue weighted by Gasteiger charge is -2.13. The molecule has 0 aromatic carbocycles. The lowest BCUT2D eigenvalue weighted by atomic mass is 10.2. The van der Waals surface area contributed by atoms with Crippen molar-refractivity contribution in [2.75, 3.05) is 18.5 Å². The Balaban J connectivity index is 2.05. The number of nitrogens with one attached hydrogen (secondary N) is 1. The average Bonchev–Trinajstić information content (AvgIpc) is 2.80. The van der Waals surface area contributed by atoms with Gasteiger partial charge < -0.3 is 14.6 Å². The molecule has 2 rings (SSSR count). The number of ether oxygens (including phenoxy) is 1. The molecular formula is C12H19N3O2. The van der Waals surface area contributed by atoms with Crippen molar-refractivity contribution in [1.82, 2.24) is 9.55 Å². The summed E-state index contributed by atoms with van der Waals surface area (Å²) < 4.78 is 7.16. The zero-order chi connectivity index (χ0) is 12.3. The Kier molecular flexibility index (Phi) is 3.78. The number of rotatable bonds is 4. The fourth-order valence-electron chi connectivity index (χ4n) is 1.97. The molecule has 1 aliphatic heterocycles. The van der Waals surface area contributed by atoms with E-state index in [1.165, 1.54) is 0 Å². The smallest absolute Gasteiger partial charge is 0.293 e. The third-order valence-electron chi connectivity index (χ3n) is 2.95. The minimum absolute atomic E-state index is 0.0690. The molecule has 0 saturated carbocycles. The van der Waals surface area contributed by atoms with Gasteiger partial charge in [-0.1, -0.05) is 0 Å². The van der Waals surface area contributed by atoms with Gasteiger partial charge in [0.15, 0.2) is 5.82 Å². The van der Waals surface area contributed by atoms with Gasteiger partial charge >= 0.3 is 0 Å². The maximum Gasteiger partial charge on any atom is 0.293 e. The van der Waals surface area contributed by atoms with Crippen LogP contribution in [0.4, 0.5) is 5.82 Å². The van der Waals surface area contributed by atoms with Crippen LogP contribution in [0.3, 0.4) is 0 Å². The summed E-state index contributed by atoms with van der Waals surface area (Å²) >= 11 is 0. The van der Waals surface area contributed by atoms with Crippen molar-refractivity contribution in [1.29, 1.82) is 0 Å². The molecule has 0 spiro atoms. The van der Waals surface area contributed by atoms with Crippen molar-refractivity contribution in [3.8, 4) is 0 Å². The van der Waals surface area contributed by atoms with Gasteiger partial charge in [-0.3, -0.25) is 4.79 Å². The fraction of sp³-hybridized carbons (Fsp3) is 0.667. The monoisotopic (exact) mass is 237 g/mol. The van der Waals surface area contributed by atoms with Crippen LogP contribution in [0, 0.1) is 0 Å². The van der Waals surface area contributed by atoms with Crippen LogP contribution in [0.2, 0.25) is 0 Å². The largest absolute Gasteiger partial charge is 0.376 e. The van der Waals surface area contributed by atoms with Gasteiger partial charge in [-0.05, 0) is 26.7 Å². The normalized spacial score (nSPS) is 19.8. The highest BCUT2D eigenvalue weighted by atomic mass is 16.5.